The van der Waals surface area contributed by atoms with Crippen LogP contribution in [0.25, 0.3) is 0 Å². The first-order valence-electron chi connectivity index (χ1n) is 6.41. The Balaban J connectivity index is 0. The predicted octanol–water partition coefficient (Wildman–Crippen LogP) is 5.93. The number of hydrogen-bond acceptors (Lipinski definition) is 0. The molecule has 0 aliphatic rings. The smallest absolute Gasteiger partial charge is 0 e. The topological polar surface area (TPSA) is 0 Å². The van der Waals surface area contributed by atoms with Crippen LogP contribution in [0.15, 0.2) is 0 Å². The van der Waals surface area contributed by atoms with Crippen LogP contribution >= 0.6 is 9.90 Å². The van der Waals surface area contributed by atoms with Crippen molar-refractivity contribution in [3.05, 3.63) is 0 Å². The molecule has 0 rings (SSSR count). The Morgan fingerprint density at radius 3 is 1.79 bits per heavy atom. The summed E-state index contributed by atoms with van der Waals surface area (Å²) in [6, 6.07) is 0. The molecule has 0 spiro atoms. The molecule has 0 atom stereocenters. The van der Waals surface area contributed by atoms with Crippen LogP contribution in [0.5, 0.6) is 0 Å². The van der Waals surface area contributed by atoms with Crippen molar-refractivity contribution in [1.29, 1.82) is 0 Å². The minimum atomic E-state index is -0.0287. The van der Waals surface area contributed by atoms with Crippen LogP contribution in [0.1, 0.15) is 65.2 Å². The molecule has 0 saturated heterocycles. The van der Waals surface area contributed by atoms with E-state index in [0.717, 1.165) is 0 Å². The van der Waals surface area contributed by atoms with Gasteiger partial charge >= 0.3 is 92.4 Å². The molecule has 0 nitrogen and oxygen atoms in total. The third kappa shape index (κ3) is 15.5. The Labute approximate surface area is 102 Å². The molecule has 3 radical (unpaired) electrons. The zero-order chi connectivity index (χ0) is 9.78. The summed E-state index contributed by atoms with van der Waals surface area (Å²) in [6.45, 7) is 4.60. The minimum absolute atomic E-state index is 0. The maximum Gasteiger partial charge on any atom is 0 e. The van der Waals surface area contributed by atoms with Crippen molar-refractivity contribution in [3.63, 3.8) is 0 Å². The van der Waals surface area contributed by atoms with Gasteiger partial charge in [0.2, 0.25) is 0 Å². The summed E-state index contributed by atoms with van der Waals surface area (Å²) in [6.07, 6.45) is 11.9. The van der Waals surface area contributed by atoms with Crippen LogP contribution < -0.4 is 0 Å². The summed E-state index contributed by atoms with van der Waals surface area (Å²) in [5.74, 6) is 0. The second-order valence-electron chi connectivity index (χ2n) is 4.18. The van der Waals surface area contributed by atoms with Crippen molar-refractivity contribution >= 4 is 9.90 Å². The first-order valence-corrected chi connectivity index (χ1v) is 10.6. The van der Waals surface area contributed by atoms with Crippen molar-refractivity contribution < 1.29 is 17.1 Å². The van der Waals surface area contributed by atoms with Crippen molar-refractivity contribution in [2.45, 2.75) is 75.2 Å². The fourth-order valence-corrected chi connectivity index (χ4v) is 5.75. The van der Waals surface area contributed by atoms with Crippen molar-refractivity contribution in [2.75, 3.05) is 0 Å². The third-order valence-electron chi connectivity index (χ3n) is 2.71. The van der Waals surface area contributed by atoms with Gasteiger partial charge in [-0.2, -0.15) is 0 Å². The van der Waals surface area contributed by atoms with Gasteiger partial charge in [-0.05, 0) is 0 Å². The van der Waals surface area contributed by atoms with E-state index in [2.05, 4.69) is 13.8 Å². The first-order chi connectivity index (χ1) is 6.41. The maximum absolute atomic E-state index is 2.31. The Kier molecular flexibility index (Phi) is 20.5. The van der Waals surface area contributed by atoms with Gasteiger partial charge in [0, 0.05) is 9.90 Å². The van der Waals surface area contributed by atoms with Crippen LogP contribution in [-0.4, -0.2) is 0 Å². The molecule has 0 aliphatic heterocycles. The molecule has 0 aromatic rings. The summed E-state index contributed by atoms with van der Waals surface area (Å²) < 4.78 is 0. The first kappa shape index (κ1) is 17.4. The molecule has 2 heteroatoms. The van der Waals surface area contributed by atoms with Gasteiger partial charge in [-0.1, -0.05) is 0 Å². The molecule has 0 saturated carbocycles. The van der Waals surface area contributed by atoms with Gasteiger partial charge in [-0.15, -0.1) is 0 Å². The molecule has 0 bridgehead atoms. The van der Waals surface area contributed by atoms with E-state index in [1.807, 2.05) is 0 Å². The molecule has 0 aromatic heterocycles. The van der Waals surface area contributed by atoms with E-state index in [1.165, 1.54) is 44.9 Å². The summed E-state index contributed by atoms with van der Waals surface area (Å²) in [5.41, 5.74) is 0. The summed E-state index contributed by atoms with van der Waals surface area (Å²) in [4.78, 5) is 0. The molecule has 14 heavy (non-hydrogen) atoms. The Morgan fingerprint density at radius 2 is 1.14 bits per heavy atom. The van der Waals surface area contributed by atoms with Gasteiger partial charge in [0.05, 0.1) is 0 Å². The number of hydrogen-bond donors (Lipinski definition) is 0. The van der Waals surface area contributed by atoms with E-state index in [4.69, 9.17) is 0 Å². The number of rotatable bonds is 10. The van der Waals surface area contributed by atoms with E-state index in [9.17, 15) is 0 Å². The van der Waals surface area contributed by atoms with E-state index < -0.39 is 0 Å². The van der Waals surface area contributed by atoms with Crippen LogP contribution in [0.4, 0.5) is 0 Å². The molecule has 0 heterocycles. The molecule has 0 aromatic carbocycles. The summed E-state index contributed by atoms with van der Waals surface area (Å²) in [7, 11) is 0. The SMILES string of the molecule is CCCCCCC[CH2][Zn][CH2]CCC.[P]. The van der Waals surface area contributed by atoms with Crippen LogP contribution in [-0.2, 0) is 17.1 Å². The fraction of sp³-hybridized carbons (Fsp3) is 1.00. The molecular weight excluding hydrogens is 240 g/mol. The predicted molar refractivity (Wildman–Crippen MR) is 64.8 cm³/mol. The normalized spacial score (nSPS) is 9.29. The summed E-state index contributed by atoms with van der Waals surface area (Å²) >= 11 is -0.0287. The van der Waals surface area contributed by atoms with Crippen molar-refractivity contribution in [1.82, 2.24) is 0 Å². The zero-order valence-electron chi connectivity index (χ0n) is 10.2. The van der Waals surface area contributed by atoms with E-state index in [0.29, 0.717) is 0 Å². The van der Waals surface area contributed by atoms with Gasteiger partial charge < -0.3 is 0 Å². The molecule has 0 amide bonds. The average Bonchev–Trinajstić information content (AvgIpc) is 2.16. The maximum atomic E-state index is 2.31. The largest absolute Gasteiger partial charge is 0 e. The van der Waals surface area contributed by atoms with Crippen molar-refractivity contribution in [3.8, 4) is 0 Å². The van der Waals surface area contributed by atoms with Gasteiger partial charge in [-0.25, -0.2) is 0 Å². The Bertz CT molecular complexity index is 76.4. The average molecular weight is 267 g/mol. The minimum Gasteiger partial charge on any atom is 0 e. The van der Waals surface area contributed by atoms with Gasteiger partial charge in [0.25, 0.3) is 0 Å². The quantitative estimate of drug-likeness (QED) is 0.261. The van der Waals surface area contributed by atoms with E-state index in [-0.39, 0.29) is 27.0 Å². The monoisotopic (exact) mass is 265 g/mol. The molecular formula is C12H26PZn. The molecule has 0 unspecified atom stereocenters. The second kappa shape index (κ2) is 16.5. The third-order valence-corrected chi connectivity index (χ3v) is 6.90. The van der Waals surface area contributed by atoms with Gasteiger partial charge in [-0.3, -0.25) is 0 Å². The van der Waals surface area contributed by atoms with Crippen LogP contribution in [0.2, 0.25) is 10.0 Å². The van der Waals surface area contributed by atoms with E-state index >= 15 is 0 Å². The molecule has 0 N–H and O–H groups in total. The number of unbranched alkanes of at least 4 members (excludes halogenated alkanes) is 6. The molecule has 0 aliphatic carbocycles. The standard InChI is InChI=1S/C8H17.C4H9.P.Zn/c1-3-5-7-8-6-4-2;1-3-4-2;;/h1,3-8H2,2H3;1,3-4H2,2H3;;. The second-order valence-corrected chi connectivity index (χ2v) is 8.63. The molecule has 81 valence electrons. The van der Waals surface area contributed by atoms with Gasteiger partial charge in [0.1, 0.15) is 0 Å². The Hall–Kier alpha value is 1.05. The van der Waals surface area contributed by atoms with Crippen molar-refractivity contribution in [2.24, 2.45) is 0 Å². The summed E-state index contributed by atoms with van der Waals surface area (Å²) in [5, 5.41) is 3.32. The van der Waals surface area contributed by atoms with E-state index in [1.54, 1.807) is 16.5 Å². The zero-order valence-corrected chi connectivity index (χ0v) is 14.1. The Morgan fingerprint density at radius 1 is 0.643 bits per heavy atom. The molecule has 0 fully saturated rings. The van der Waals surface area contributed by atoms with Crippen LogP contribution in [0.3, 0.4) is 0 Å². The van der Waals surface area contributed by atoms with Gasteiger partial charge in [0.15, 0.2) is 0 Å². The van der Waals surface area contributed by atoms with Crippen LogP contribution in [0, 0.1) is 0 Å². The fourth-order valence-electron chi connectivity index (χ4n) is 1.74.